The number of oxime groups is 1. The van der Waals surface area contributed by atoms with Crippen molar-refractivity contribution < 1.29 is 18.0 Å². The van der Waals surface area contributed by atoms with Gasteiger partial charge in [-0.05, 0) is 5.56 Å². The molecule has 1 aliphatic rings. The summed E-state index contributed by atoms with van der Waals surface area (Å²) in [5, 5.41) is 4.54. The lowest BCUT2D eigenvalue weighted by Crippen LogP contribution is -2.11. The average molecular weight is 298 g/mol. The van der Waals surface area contributed by atoms with Crippen LogP contribution in [-0.2, 0) is 25.4 Å². The van der Waals surface area contributed by atoms with Gasteiger partial charge in [0.2, 0.25) is 0 Å². The van der Waals surface area contributed by atoms with E-state index in [9.17, 15) is 13.2 Å². The Morgan fingerprint density at radius 3 is 2.89 bits per heavy atom. The van der Waals surface area contributed by atoms with Gasteiger partial charge in [0.15, 0.2) is 0 Å². The molecule has 0 bridgehead atoms. The third kappa shape index (κ3) is 3.66. The molecule has 0 aliphatic carbocycles. The standard InChI is InChI=1S/C11H10N2O4S2/c14-8-12-19(15,16)7-9-3-1-2-4-10(9)11-13-17-5-6-18-11/h1-4H,5-7H2. The summed E-state index contributed by atoms with van der Waals surface area (Å²) in [5.41, 5.74) is 1.20. The van der Waals surface area contributed by atoms with E-state index >= 15 is 0 Å². The fourth-order valence-electron chi connectivity index (χ4n) is 1.57. The van der Waals surface area contributed by atoms with E-state index in [0.717, 1.165) is 11.8 Å². The predicted octanol–water partition coefficient (Wildman–Crippen LogP) is 1.28. The third-order valence-electron chi connectivity index (χ3n) is 2.32. The van der Waals surface area contributed by atoms with Gasteiger partial charge >= 0.3 is 0 Å². The van der Waals surface area contributed by atoms with Crippen LogP contribution in [0.15, 0.2) is 33.8 Å². The highest BCUT2D eigenvalue weighted by Gasteiger charge is 2.18. The average Bonchev–Trinajstić information content (AvgIpc) is 2.40. The Kier molecular flexibility index (Phi) is 4.36. The molecule has 0 atom stereocenters. The first-order chi connectivity index (χ1) is 9.12. The molecule has 19 heavy (non-hydrogen) atoms. The van der Waals surface area contributed by atoms with Gasteiger partial charge < -0.3 is 4.84 Å². The van der Waals surface area contributed by atoms with Gasteiger partial charge in [0.1, 0.15) is 11.7 Å². The number of nitrogens with zero attached hydrogens (tertiary/aromatic N) is 2. The smallest absolute Gasteiger partial charge is 0.267 e. The molecule has 1 heterocycles. The molecule has 0 aromatic heterocycles. The van der Waals surface area contributed by atoms with Crippen LogP contribution in [0.1, 0.15) is 11.1 Å². The summed E-state index contributed by atoms with van der Waals surface area (Å²) in [6.45, 7) is 0.532. The van der Waals surface area contributed by atoms with Crippen LogP contribution >= 0.6 is 11.8 Å². The summed E-state index contributed by atoms with van der Waals surface area (Å²) in [7, 11) is -3.85. The summed E-state index contributed by atoms with van der Waals surface area (Å²) in [6.07, 6.45) is 1.05. The van der Waals surface area contributed by atoms with Crippen LogP contribution in [0, 0.1) is 0 Å². The van der Waals surface area contributed by atoms with E-state index < -0.39 is 10.0 Å². The maximum absolute atomic E-state index is 11.5. The van der Waals surface area contributed by atoms with E-state index in [-0.39, 0.29) is 5.75 Å². The Morgan fingerprint density at radius 2 is 2.21 bits per heavy atom. The highest BCUT2D eigenvalue weighted by Crippen LogP contribution is 2.22. The molecule has 8 heteroatoms. The number of hydrogen-bond donors (Lipinski definition) is 0. The van der Waals surface area contributed by atoms with Crippen LogP contribution < -0.4 is 0 Å². The zero-order chi connectivity index (χ0) is 13.7. The lowest BCUT2D eigenvalue weighted by molar-refractivity contribution is 0.160. The number of rotatable bonds is 4. The molecule has 6 nitrogen and oxygen atoms in total. The number of thioether (sulfide) groups is 1. The van der Waals surface area contributed by atoms with Crippen molar-refractivity contribution in [3.63, 3.8) is 0 Å². The molecule has 2 rings (SSSR count). The van der Waals surface area contributed by atoms with Crippen LogP contribution in [0.4, 0.5) is 0 Å². The van der Waals surface area contributed by atoms with Crippen LogP contribution in [0.25, 0.3) is 0 Å². The van der Waals surface area contributed by atoms with E-state index in [1.54, 1.807) is 24.3 Å². The van der Waals surface area contributed by atoms with Crippen molar-refractivity contribution in [1.29, 1.82) is 0 Å². The normalized spacial score (nSPS) is 15.1. The monoisotopic (exact) mass is 298 g/mol. The maximum atomic E-state index is 11.5. The Labute approximate surface area is 114 Å². The van der Waals surface area contributed by atoms with Crippen LogP contribution in [0.2, 0.25) is 0 Å². The number of sulfonamides is 1. The number of isocyanates is 1. The molecular formula is C11H10N2O4S2. The Morgan fingerprint density at radius 1 is 1.42 bits per heavy atom. The first kappa shape index (κ1) is 13.8. The van der Waals surface area contributed by atoms with Gasteiger partial charge in [-0.1, -0.05) is 45.6 Å². The zero-order valence-electron chi connectivity index (χ0n) is 9.77. The lowest BCUT2D eigenvalue weighted by atomic mass is 10.1. The van der Waals surface area contributed by atoms with Gasteiger partial charge in [0.05, 0.1) is 5.75 Å². The Hall–Kier alpha value is -1.63. The molecule has 1 aromatic carbocycles. The maximum Gasteiger partial charge on any atom is 0.267 e. The first-order valence-corrected chi connectivity index (χ1v) is 7.95. The fraction of sp³-hybridized carbons (Fsp3) is 0.273. The molecule has 0 spiro atoms. The van der Waals surface area contributed by atoms with E-state index in [0.29, 0.717) is 22.8 Å². The molecule has 0 saturated carbocycles. The molecule has 1 aliphatic heterocycles. The van der Waals surface area contributed by atoms with E-state index in [4.69, 9.17) is 4.84 Å². The third-order valence-corrected chi connectivity index (χ3v) is 4.29. The van der Waals surface area contributed by atoms with Crippen molar-refractivity contribution in [2.24, 2.45) is 9.55 Å². The number of carbonyl (C=O) groups excluding carboxylic acids is 1. The molecule has 100 valence electrons. The Bertz CT molecular complexity index is 648. The van der Waals surface area contributed by atoms with Gasteiger partial charge in [-0.15, -0.1) is 0 Å². The van der Waals surface area contributed by atoms with Gasteiger partial charge in [0, 0.05) is 11.3 Å². The van der Waals surface area contributed by atoms with Gasteiger partial charge in [-0.25, -0.2) is 13.2 Å². The second kappa shape index (κ2) is 6.01. The van der Waals surface area contributed by atoms with Crippen molar-refractivity contribution in [3.05, 3.63) is 35.4 Å². The largest absolute Gasteiger partial charge is 0.394 e. The summed E-state index contributed by atoms with van der Waals surface area (Å²) < 4.78 is 25.9. The molecule has 0 fully saturated rings. The number of hydrogen-bond acceptors (Lipinski definition) is 6. The van der Waals surface area contributed by atoms with Gasteiger partial charge in [-0.2, -0.15) is 0 Å². The SMILES string of the molecule is O=C=NS(=O)(=O)Cc1ccccc1C1=NOCCS1. The van der Waals surface area contributed by atoms with Crippen molar-refractivity contribution in [3.8, 4) is 0 Å². The quantitative estimate of drug-likeness (QED) is 0.617. The minimum Gasteiger partial charge on any atom is -0.394 e. The fourth-order valence-corrected chi connectivity index (χ4v) is 3.21. The van der Waals surface area contributed by atoms with Gasteiger partial charge in [0.25, 0.3) is 16.1 Å². The topological polar surface area (TPSA) is 85.2 Å². The van der Waals surface area contributed by atoms with Crippen LogP contribution in [0.3, 0.4) is 0 Å². The summed E-state index contributed by atoms with van der Waals surface area (Å²) >= 11 is 1.49. The highest BCUT2D eigenvalue weighted by molar-refractivity contribution is 8.14. The second-order valence-corrected chi connectivity index (χ2v) is 6.36. The molecule has 0 saturated heterocycles. The highest BCUT2D eigenvalue weighted by atomic mass is 32.2. The second-order valence-electron chi connectivity index (χ2n) is 3.64. The van der Waals surface area contributed by atoms with Crippen molar-refractivity contribution >= 4 is 32.9 Å². The van der Waals surface area contributed by atoms with Crippen molar-refractivity contribution in [2.45, 2.75) is 5.75 Å². The zero-order valence-corrected chi connectivity index (χ0v) is 11.4. The summed E-state index contributed by atoms with van der Waals surface area (Å²) in [6, 6.07) is 6.92. The minimum atomic E-state index is -3.85. The van der Waals surface area contributed by atoms with Gasteiger partial charge in [-0.3, -0.25) is 0 Å². The van der Waals surface area contributed by atoms with Crippen molar-refractivity contribution in [1.82, 2.24) is 0 Å². The van der Waals surface area contributed by atoms with E-state index in [1.165, 1.54) is 11.8 Å². The number of benzene rings is 1. The summed E-state index contributed by atoms with van der Waals surface area (Å²) in [5.74, 6) is 0.393. The first-order valence-electron chi connectivity index (χ1n) is 5.35. The summed E-state index contributed by atoms with van der Waals surface area (Å²) in [4.78, 5) is 15.1. The molecular weight excluding hydrogens is 288 g/mol. The van der Waals surface area contributed by atoms with Crippen molar-refractivity contribution in [2.75, 3.05) is 12.4 Å². The minimum absolute atomic E-state index is 0.363. The Balaban J connectivity index is 2.36. The predicted molar refractivity (Wildman–Crippen MR) is 72.1 cm³/mol. The molecule has 0 amide bonds. The van der Waals surface area contributed by atoms with E-state index in [2.05, 4.69) is 9.55 Å². The molecule has 0 radical (unpaired) electrons. The molecule has 0 unspecified atom stereocenters. The van der Waals surface area contributed by atoms with Crippen LogP contribution in [0.5, 0.6) is 0 Å². The molecule has 1 aromatic rings. The van der Waals surface area contributed by atoms with Crippen LogP contribution in [-0.4, -0.2) is 31.9 Å². The van der Waals surface area contributed by atoms with E-state index in [1.807, 2.05) is 0 Å². The lowest BCUT2D eigenvalue weighted by Gasteiger charge is -2.13. The molecule has 0 N–H and O–H groups in total.